The smallest absolute Gasteiger partial charge is 0.331 e. The lowest BCUT2D eigenvalue weighted by molar-refractivity contribution is -0.237. The van der Waals surface area contributed by atoms with Crippen LogP contribution < -0.4 is 9.47 Å². The third-order valence-electron chi connectivity index (χ3n) is 11.7. The van der Waals surface area contributed by atoms with Gasteiger partial charge in [0.15, 0.2) is 11.5 Å². The molecule has 8 heteroatoms. The molecule has 1 aromatic carbocycles. The Labute approximate surface area is 236 Å². The topological polar surface area (TPSA) is 118 Å². The lowest BCUT2D eigenvalue weighted by Crippen LogP contribution is -2.68. The molecule has 3 N–H and O–H groups in total. The number of esters is 1. The molecular formula is C32H43NO7. The minimum absolute atomic E-state index is 0.00296. The summed E-state index contributed by atoms with van der Waals surface area (Å²) in [5.74, 6) is 1.18. The van der Waals surface area contributed by atoms with Crippen molar-refractivity contribution < 1.29 is 34.3 Å². The first-order chi connectivity index (χ1) is 19.1. The van der Waals surface area contributed by atoms with E-state index in [4.69, 9.17) is 19.2 Å². The van der Waals surface area contributed by atoms with E-state index in [0.29, 0.717) is 63.2 Å². The van der Waals surface area contributed by atoms with Gasteiger partial charge in [-0.25, -0.2) is 4.79 Å². The highest BCUT2D eigenvalue weighted by atomic mass is 16.5. The Morgan fingerprint density at radius 1 is 1.05 bits per heavy atom. The van der Waals surface area contributed by atoms with Gasteiger partial charge in [-0.2, -0.15) is 0 Å². The van der Waals surface area contributed by atoms with Crippen molar-refractivity contribution in [1.82, 2.24) is 0 Å². The Morgan fingerprint density at radius 2 is 1.85 bits per heavy atom. The summed E-state index contributed by atoms with van der Waals surface area (Å²) in [7, 11) is 3.23. The number of para-hydroxylation sites is 1. The van der Waals surface area contributed by atoms with Crippen molar-refractivity contribution >= 4 is 12.2 Å². The number of hydrogen-bond acceptors (Lipinski definition) is 8. The first kappa shape index (κ1) is 27.7. The van der Waals surface area contributed by atoms with Gasteiger partial charge in [0.2, 0.25) is 0 Å². The zero-order valence-corrected chi connectivity index (χ0v) is 23.9. The Bertz CT molecular complexity index is 1230. The van der Waals surface area contributed by atoms with E-state index < -0.39 is 22.7 Å². The van der Waals surface area contributed by atoms with Gasteiger partial charge < -0.3 is 29.5 Å². The van der Waals surface area contributed by atoms with Crippen LogP contribution in [-0.2, 0) is 16.1 Å². The fourth-order valence-electron chi connectivity index (χ4n) is 9.75. The van der Waals surface area contributed by atoms with Crippen LogP contribution in [-0.4, -0.2) is 65.6 Å². The highest BCUT2D eigenvalue weighted by Crippen LogP contribution is 2.70. The predicted molar refractivity (Wildman–Crippen MR) is 149 cm³/mol. The van der Waals surface area contributed by atoms with E-state index in [1.54, 1.807) is 20.3 Å². The first-order valence-corrected chi connectivity index (χ1v) is 14.8. The fraction of sp³-hybridized carbons (Fsp3) is 0.688. The molecule has 218 valence electrons. The molecular weight excluding hydrogens is 510 g/mol. The molecule has 4 aliphatic carbocycles. The molecule has 6 rings (SSSR count). The van der Waals surface area contributed by atoms with Crippen LogP contribution >= 0.6 is 0 Å². The van der Waals surface area contributed by atoms with Crippen molar-refractivity contribution in [3.8, 4) is 11.5 Å². The van der Waals surface area contributed by atoms with Crippen molar-refractivity contribution in [2.45, 2.75) is 88.6 Å². The molecule has 0 aromatic heterocycles. The molecule has 0 bridgehead atoms. The van der Waals surface area contributed by atoms with Crippen molar-refractivity contribution in [1.29, 1.82) is 0 Å². The van der Waals surface area contributed by atoms with Gasteiger partial charge >= 0.3 is 5.97 Å². The number of carbonyl (C=O) groups excluding carboxylic acids is 1. The molecule has 4 saturated carbocycles. The van der Waals surface area contributed by atoms with Gasteiger partial charge in [-0.3, -0.25) is 4.99 Å². The minimum Gasteiger partial charge on any atom is -0.493 e. The Balaban J connectivity index is 1.35. The molecule has 5 aliphatic rings. The number of fused-ring (bicyclic) bond motifs is 5. The summed E-state index contributed by atoms with van der Waals surface area (Å²) in [5.41, 5.74) is -1.06. The third-order valence-corrected chi connectivity index (χ3v) is 11.7. The van der Waals surface area contributed by atoms with Gasteiger partial charge in [-0.05, 0) is 80.8 Å². The maximum absolute atomic E-state index is 12.6. The number of cyclic esters (lactones) is 1. The van der Waals surface area contributed by atoms with Gasteiger partial charge in [0, 0.05) is 35.1 Å². The number of aliphatic hydroxyl groups excluding tert-OH is 1. The van der Waals surface area contributed by atoms with Gasteiger partial charge in [0.05, 0.1) is 38.1 Å². The van der Waals surface area contributed by atoms with E-state index in [0.717, 1.165) is 30.4 Å². The number of aliphatic imine (C=N–C) groups is 1. The number of aliphatic hydroxyl groups is 3. The molecule has 1 aliphatic heterocycles. The zero-order chi connectivity index (χ0) is 28.3. The molecule has 1 aromatic rings. The standard InChI is InChI=1S/C32H43NO7/c1-29-11-8-24-25(32(29,37)14-10-23(29)21-15-27(35)40-18-21)9-13-31(36)16-22(34)7-12-30(24,31)19-33-17-20-5-4-6-26(38-2)28(20)39-3/h4-6,15,19,22-25,34,36-37H,7-14,16-18H2,1-3H3/t22-,23+,24-,25+,29+,30-,31-,32+/m0/s1. The lowest BCUT2D eigenvalue weighted by atomic mass is 9.41. The van der Waals surface area contributed by atoms with Crippen LogP contribution in [0.15, 0.2) is 34.8 Å². The van der Waals surface area contributed by atoms with Gasteiger partial charge in [-0.15, -0.1) is 0 Å². The van der Waals surface area contributed by atoms with E-state index in [9.17, 15) is 20.1 Å². The number of rotatable bonds is 6. The zero-order valence-electron chi connectivity index (χ0n) is 23.9. The molecule has 40 heavy (non-hydrogen) atoms. The Kier molecular flexibility index (Phi) is 6.83. The average molecular weight is 554 g/mol. The van der Waals surface area contributed by atoms with Gasteiger partial charge in [0.1, 0.15) is 6.61 Å². The summed E-state index contributed by atoms with van der Waals surface area (Å²) in [6, 6.07) is 5.74. The number of methoxy groups -OCH3 is 2. The summed E-state index contributed by atoms with van der Waals surface area (Å²) in [5, 5.41) is 35.4. The normalized spacial score (nSPS) is 42.5. The maximum atomic E-state index is 12.6. The third kappa shape index (κ3) is 3.89. The van der Waals surface area contributed by atoms with Crippen molar-refractivity contribution in [2.75, 3.05) is 20.8 Å². The fourth-order valence-corrected chi connectivity index (χ4v) is 9.75. The van der Waals surface area contributed by atoms with E-state index >= 15 is 0 Å². The number of benzene rings is 1. The molecule has 0 spiro atoms. The quantitative estimate of drug-likeness (QED) is 0.360. The molecule has 0 unspecified atom stereocenters. The second kappa shape index (κ2) is 9.85. The maximum Gasteiger partial charge on any atom is 0.331 e. The Hall–Kier alpha value is -2.42. The largest absolute Gasteiger partial charge is 0.493 e. The molecule has 8 atom stereocenters. The number of carbonyl (C=O) groups is 1. The van der Waals surface area contributed by atoms with Crippen molar-refractivity contribution in [3.63, 3.8) is 0 Å². The summed E-state index contributed by atoms with van der Waals surface area (Å²) in [6.07, 6.45) is 9.04. The van der Waals surface area contributed by atoms with Crippen LogP contribution in [0.3, 0.4) is 0 Å². The van der Waals surface area contributed by atoms with Crippen LogP contribution in [0.25, 0.3) is 0 Å². The first-order valence-electron chi connectivity index (χ1n) is 14.8. The molecule has 1 heterocycles. The van der Waals surface area contributed by atoms with Crippen molar-refractivity contribution in [3.05, 3.63) is 35.4 Å². The van der Waals surface area contributed by atoms with Gasteiger partial charge in [0.25, 0.3) is 0 Å². The highest BCUT2D eigenvalue weighted by molar-refractivity contribution is 5.85. The summed E-state index contributed by atoms with van der Waals surface area (Å²) in [6.45, 7) is 2.90. The minimum atomic E-state index is -1.08. The molecule has 0 saturated heterocycles. The SMILES string of the molecule is COc1cccc(CN=C[C@]23CC[C@H](O)C[C@@]2(O)CC[C@@H]2[C@@H]3CC[C@]3(C)[C@@H](C4=CC(=O)OC4)CC[C@@]23O)c1OC. The highest BCUT2D eigenvalue weighted by Gasteiger charge is 2.71. The molecule has 4 fully saturated rings. The van der Waals surface area contributed by atoms with E-state index in [-0.39, 0.29) is 29.1 Å². The van der Waals surface area contributed by atoms with E-state index in [1.165, 1.54) is 0 Å². The summed E-state index contributed by atoms with van der Waals surface area (Å²) in [4.78, 5) is 16.8. The summed E-state index contributed by atoms with van der Waals surface area (Å²) < 4.78 is 16.3. The lowest BCUT2D eigenvalue weighted by Gasteiger charge is -2.65. The number of hydrogen-bond donors (Lipinski definition) is 3. The summed E-state index contributed by atoms with van der Waals surface area (Å²) >= 11 is 0. The van der Waals surface area contributed by atoms with E-state index in [2.05, 4.69) is 6.92 Å². The molecule has 0 radical (unpaired) electrons. The van der Waals surface area contributed by atoms with Crippen molar-refractivity contribution in [2.24, 2.45) is 33.6 Å². The number of ether oxygens (including phenoxy) is 3. The van der Waals surface area contributed by atoms with Crippen LogP contribution in [0.2, 0.25) is 0 Å². The monoisotopic (exact) mass is 553 g/mol. The second-order valence-corrected chi connectivity index (χ2v) is 13.1. The molecule has 0 amide bonds. The molecule has 8 nitrogen and oxygen atoms in total. The average Bonchev–Trinajstić information content (AvgIpc) is 3.48. The second-order valence-electron chi connectivity index (χ2n) is 13.1. The van der Waals surface area contributed by atoms with Crippen LogP contribution in [0.1, 0.15) is 70.3 Å². The predicted octanol–water partition coefficient (Wildman–Crippen LogP) is 3.99. The van der Waals surface area contributed by atoms with Crippen LogP contribution in [0.4, 0.5) is 0 Å². The van der Waals surface area contributed by atoms with Crippen LogP contribution in [0, 0.1) is 28.6 Å². The number of nitrogens with zero attached hydrogens (tertiary/aromatic N) is 1. The van der Waals surface area contributed by atoms with Crippen LogP contribution in [0.5, 0.6) is 11.5 Å². The van der Waals surface area contributed by atoms with Gasteiger partial charge in [-0.1, -0.05) is 19.1 Å². The van der Waals surface area contributed by atoms with E-state index in [1.807, 2.05) is 24.4 Å². The Morgan fingerprint density at radius 3 is 2.58 bits per heavy atom.